The van der Waals surface area contributed by atoms with E-state index in [1.807, 2.05) is 0 Å². The second-order valence-corrected chi connectivity index (χ2v) is 4.77. The lowest BCUT2D eigenvalue weighted by molar-refractivity contribution is 0.243. The Labute approximate surface area is 87.6 Å². The van der Waals surface area contributed by atoms with Gasteiger partial charge in [-0.2, -0.15) is 0 Å². The summed E-state index contributed by atoms with van der Waals surface area (Å²) >= 11 is 0. The van der Waals surface area contributed by atoms with Gasteiger partial charge in [-0.3, -0.25) is 4.57 Å². The molecule has 0 bridgehead atoms. The van der Waals surface area contributed by atoms with E-state index < -0.39 is 16.1 Å². The topological polar surface area (TPSA) is 93.1 Å². The van der Waals surface area contributed by atoms with E-state index in [0.29, 0.717) is 0 Å². The molecule has 2 N–H and O–H groups in total. The molecule has 15 heavy (non-hydrogen) atoms. The minimum atomic E-state index is -3.27. The standard InChI is InChI=1S/C7H12N4O3S/c1-8-15(13,14)5-3-10-7(12)11-4-2-9-6-11/h2,4,6,8H,3,5H2,1H3,(H,10,12). The molecule has 0 spiro atoms. The predicted octanol–water partition coefficient (Wildman–Crippen LogP) is -1.01. The summed E-state index contributed by atoms with van der Waals surface area (Å²) in [5.74, 6) is -0.149. The average Bonchev–Trinajstić information content (AvgIpc) is 2.70. The first-order valence-corrected chi connectivity index (χ1v) is 5.88. The summed E-state index contributed by atoms with van der Waals surface area (Å²) in [5, 5.41) is 2.44. The molecule has 0 aliphatic carbocycles. The Kier molecular flexibility index (Phi) is 3.81. The van der Waals surface area contributed by atoms with E-state index >= 15 is 0 Å². The Morgan fingerprint density at radius 2 is 2.27 bits per heavy atom. The largest absolute Gasteiger partial charge is 0.336 e. The minimum Gasteiger partial charge on any atom is -0.336 e. The van der Waals surface area contributed by atoms with Crippen LogP contribution < -0.4 is 10.0 Å². The zero-order chi connectivity index (χ0) is 11.3. The molecule has 1 amide bonds. The van der Waals surface area contributed by atoms with Crippen LogP contribution in [-0.2, 0) is 10.0 Å². The van der Waals surface area contributed by atoms with Gasteiger partial charge in [0.2, 0.25) is 10.0 Å². The summed E-state index contributed by atoms with van der Waals surface area (Å²) in [5.41, 5.74) is 0. The third kappa shape index (κ3) is 3.68. The van der Waals surface area contributed by atoms with Gasteiger partial charge < -0.3 is 5.32 Å². The van der Waals surface area contributed by atoms with Crippen molar-refractivity contribution in [2.45, 2.75) is 0 Å². The molecular weight excluding hydrogens is 220 g/mol. The number of aromatic nitrogens is 2. The number of carbonyl (C=O) groups excluding carboxylic acids is 1. The maximum absolute atomic E-state index is 11.3. The molecule has 0 saturated heterocycles. The second kappa shape index (κ2) is 4.89. The number of carbonyl (C=O) groups is 1. The number of amides is 1. The van der Waals surface area contributed by atoms with E-state index in [1.165, 1.54) is 30.3 Å². The summed E-state index contributed by atoms with van der Waals surface area (Å²) in [6.07, 6.45) is 4.27. The van der Waals surface area contributed by atoms with Crippen molar-refractivity contribution in [2.75, 3.05) is 19.3 Å². The zero-order valence-electron chi connectivity index (χ0n) is 8.17. The van der Waals surface area contributed by atoms with Gasteiger partial charge in [0.05, 0.1) is 5.75 Å². The maximum Gasteiger partial charge on any atom is 0.326 e. The van der Waals surface area contributed by atoms with Crippen molar-refractivity contribution in [3.8, 4) is 0 Å². The molecule has 1 aromatic heterocycles. The first-order valence-electron chi connectivity index (χ1n) is 4.22. The van der Waals surface area contributed by atoms with Gasteiger partial charge in [-0.25, -0.2) is 22.9 Å². The van der Waals surface area contributed by atoms with Crippen LogP contribution in [0.25, 0.3) is 0 Å². The fourth-order valence-corrected chi connectivity index (χ4v) is 1.44. The highest BCUT2D eigenvalue weighted by Gasteiger charge is 2.08. The lowest BCUT2D eigenvalue weighted by Crippen LogP contribution is -2.34. The van der Waals surface area contributed by atoms with Crippen LogP contribution >= 0.6 is 0 Å². The van der Waals surface area contributed by atoms with Crippen LogP contribution in [0.4, 0.5) is 4.79 Å². The molecule has 8 heteroatoms. The van der Waals surface area contributed by atoms with Gasteiger partial charge in [0, 0.05) is 18.9 Å². The Balaban J connectivity index is 2.36. The smallest absolute Gasteiger partial charge is 0.326 e. The first kappa shape index (κ1) is 11.7. The molecule has 0 aliphatic rings. The molecule has 0 saturated carbocycles. The van der Waals surface area contributed by atoms with Crippen LogP contribution in [0.5, 0.6) is 0 Å². The van der Waals surface area contributed by atoms with Crippen LogP contribution in [-0.4, -0.2) is 43.3 Å². The van der Waals surface area contributed by atoms with Crippen molar-refractivity contribution in [3.05, 3.63) is 18.7 Å². The molecule has 84 valence electrons. The van der Waals surface area contributed by atoms with Crippen LogP contribution in [0.3, 0.4) is 0 Å². The quantitative estimate of drug-likeness (QED) is 0.695. The number of hydrogen-bond acceptors (Lipinski definition) is 4. The molecule has 0 radical (unpaired) electrons. The molecule has 0 aliphatic heterocycles. The molecule has 0 atom stereocenters. The highest BCUT2D eigenvalue weighted by molar-refractivity contribution is 7.89. The average molecular weight is 232 g/mol. The van der Waals surface area contributed by atoms with Gasteiger partial charge in [0.15, 0.2) is 0 Å². The van der Waals surface area contributed by atoms with E-state index in [1.54, 1.807) is 0 Å². The lowest BCUT2D eigenvalue weighted by Gasteiger charge is -2.05. The summed E-state index contributed by atoms with van der Waals surface area (Å²) in [4.78, 5) is 15.0. The number of hydrogen-bond donors (Lipinski definition) is 2. The van der Waals surface area contributed by atoms with E-state index in [0.717, 1.165) is 0 Å². The number of nitrogens with one attached hydrogen (secondary N) is 2. The molecule has 0 unspecified atom stereocenters. The summed E-state index contributed by atoms with van der Waals surface area (Å²) in [7, 11) is -1.95. The highest BCUT2D eigenvalue weighted by Crippen LogP contribution is 1.85. The number of imidazole rings is 1. The van der Waals surface area contributed by atoms with Crippen LogP contribution in [0, 0.1) is 0 Å². The zero-order valence-corrected chi connectivity index (χ0v) is 8.99. The molecule has 1 rings (SSSR count). The first-order chi connectivity index (χ1) is 7.05. The van der Waals surface area contributed by atoms with Gasteiger partial charge >= 0.3 is 6.03 Å². The summed E-state index contributed by atoms with van der Waals surface area (Å²) in [6.45, 7) is 0.0557. The van der Waals surface area contributed by atoms with Crippen molar-refractivity contribution in [1.82, 2.24) is 19.6 Å². The normalized spacial score (nSPS) is 11.3. The fraction of sp³-hybridized carbons (Fsp3) is 0.429. The highest BCUT2D eigenvalue weighted by atomic mass is 32.2. The van der Waals surface area contributed by atoms with Crippen molar-refractivity contribution >= 4 is 16.1 Å². The summed E-state index contributed by atoms with van der Waals surface area (Å²) < 4.78 is 25.4. The van der Waals surface area contributed by atoms with Gasteiger partial charge in [0.25, 0.3) is 0 Å². The number of nitrogens with zero attached hydrogens (tertiary/aromatic N) is 2. The molecule has 7 nitrogen and oxygen atoms in total. The lowest BCUT2D eigenvalue weighted by atomic mass is 10.7. The Bertz CT molecular complexity index is 411. The van der Waals surface area contributed by atoms with Gasteiger partial charge in [-0.15, -0.1) is 0 Å². The Morgan fingerprint density at radius 1 is 1.53 bits per heavy atom. The SMILES string of the molecule is CNS(=O)(=O)CCNC(=O)n1ccnc1. The minimum absolute atomic E-state index is 0.0557. The second-order valence-electron chi connectivity index (χ2n) is 2.72. The Hall–Kier alpha value is -1.41. The van der Waals surface area contributed by atoms with E-state index in [9.17, 15) is 13.2 Å². The number of sulfonamides is 1. The number of rotatable bonds is 4. The van der Waals surface area contributed by atoms with Crippen molar-refractivity contribution < 1.29 is 13.2 Å². The van der Waals surface area contributed by atoms with Gasteiger partial charge in [0.1, 0.15) is 6.33 Å². The van der Waals surface area contributed by atoms with Gasteiger partial charge in [-0.1, -0.05) is 0 Å². The molecule has 1 heterocycles. The maximum atomic E-state index is 11.3. The summed E-state index contributed by atoms with van der Waals surface area (Å²) in [6, 6.07) is -0.404. The Morgan fingerprint density at radius 3 is 2.80 bits per heavy atom. The van der Waals surface area contributed by atoms with Crippen LogP contribution in [0.2, 0.25) is 0 Å². The van der Waals surface area contributed by atoms with Crippen molar-refractivity contribution in [1.29, 1.82) is 0 Å². The van der Waals surface area contributed by atoms with E-state index in [2.05, 4.69) is 15.0 Å². The van der Waals surface area contributed by atoms with Crippen molar-refractivity contribution in [3.63, 3.8) is 0 Å². The molecular formula is C7H12N4O3S. The van der Waals surface area contributed by atoms with Crippen LogP contribution in [0.15, 0.2) is 18.7 Å². The molecule has 1 aromatic rings. The predicted molar refractivity (Wildman–Crippen MR) is 53.9 cm³/mol. The fourth-order valence-electron chi connectivity index (χ4n) is 0.865. The van der Waals surface area contributed by atoms with Gasteiger partial charge in [-0.05, 0) is 7.05 Å². The van der Waals surface area contributed by atoms with E-state index in [4.69, 9.17) is 0 Å². The van der Waals surface area contributed by atoms with E-state index in [-0.39, 0.29) is 12.3 Å². The third-order valence-electron chi connectivity index (χ3n) is 1.70. The van der Waals surface area contributed by atoms with Crippen LogP contribution in [0.1, 0.15) is 0 Å². The molecule has 0 aromatic carbocycles. The molecule has 0 fully saturated rings. The third-order valence-corrected chi connectivity index (χ3v) is 3.06. The van der Waals surface area contributed by atoms with Crippen molar-refractivity contribution in [2.24, 2.45) is 0 Å². The monoisotopic (exact) mass is 232 g/mol.